The minimum Gasteiger partial charge on any atom is -0.452 e. The number of ketones is 1. The zero-order valence-electron chi connectivity index (χ0n) is 17.2. The van der Waals surface area contributed by atoms with Crippen LogP contribution in [0.3, 0.4) is 0 Å². The van der Waals surface area contributed by atoms with Gasteiger partial charge in [0.1, 0.15) is 0 Å². The second kappa shape index (κ2) is 8.43. The average molecular weight is 395 g/mol. The van der Waals surface area contributed by atoms with Crippen molar-refractivity contribution >= 4 is 22.5 Å². The highest BCUT2D eigenvalue weighted by atomic mass is 16.5. The van der Waals surface area contributed by atoms with Crippen LogP contribution in [0.25, 0.3) is 10.8 Å². The lowest BCUT2D eigenvalue weighted by molar-refractivity contribution is 0.0468. The number of esters is 1. The number of rotatable bonds is 7. The Kier molecular flexibility index (Phi) is 5.96. The van der Waals surface area contributed by atoms with Crippen LogP contribution in [0.4, 0.5) is 0 Å². The van der Waals surface area contributed by atoms with E-state index in [1.54, 1.807) is 30.3 Å². The number of aromatic nitrogens is 3. The number of hydrogen-bond donors (Lipinski definition) is 0. The lowest BCUT2D eigenvalue weighted by Gasteiger charge is -2.10. The molecule has 7 nitrogen and oxygen atoms in total. The fourth-order valence-corrected chi connectivity index (χ4v) is 3.26. The third-order valence-electron chi connectivity index (χ3n) is 5.19. The number of hydrogen-bond acceptors (Lipinski definition) is 5. The van der Waals surface area contributed by atoms with Crippen LogP contribution in [0.15, 0.2) is 35.1 Å². The van der Waals surface area contributed by atoms with Crippen LogP contribution >= 0.6 is 0 Å². The summed E-state index contributed by atoms with van der Waals surface area (Å²) in [5.74, 6) is -0.992. The number of Topliss-reactive ketones (excluding diaryl/α,β-unsaturated/α-hetero) is 1. The number of unbranched alkanes of at least 4 members (excludes halogenated alkanes) is 1. The lowest BCUT2D eigenvalue weighted by Crippen LogP contribution is -2.27. The van der Waals surface area contributed by atoms with Crippen molar-refractivity contribution in [3.05, 3.63) is 63.3 Å². The molecule has 0 spiro atoms. The highest BCUT2D eigenvalue weighted by molar-refractivity contribution is 6.04. The summed E-state index contributed by atoms with van der Waals surface area (Å²) in [7, 11) is 1.88. The Morgan fingerprint density at radius 2 is 1.83 bits per heavy atom. The van der Waals surface area contributed by atoms with E-state index in [4.69, 9.17) is 4.74 Å². The Labute approximate surface area is 168 Å². The second-order valence-electron chi connectivity index (χ2n) is 7.12. The first-order valence-corrected chi connectivity index (χ1v) is 9.68. The Hall–Kier alpha value is -3.22. The maximum Gasteiger partial charge on any atom is 0.359 e. The maximum absolute atomic E-state index is 12.7. The monoisotopic (exact) mass is 395 g/mol. The summed E-state index contributed by atoms with van der Waals surface area (Å²) in [4.78, 5) is 37.9. The van der Waals surface area contributed by atoms with Gasteiger partial charge in [-0.1, -0.05) is 31.5 Å². The van der Waals surface area contributed by atoms with Gasteiger partial charge in [-0.05, 0) is 32.4 Å². The van der Waals surface area contributed by atoms with Crippen LogP contribution in [0.5, 0.6) is 0 Å². The van der Waals surface area contributed by atoms with Crippen molar-refractivity contribution in [2.45, 2.75) is 40.2 Å². The highest BCUT2D eigenvalue weighted by Crippen LogP contribution is 2.16. The van der Waals surface area contributed by atoms with Crippen LogP contribution < -0.4 is 5.56 Å². The standard InChI is InChI=1S/C22H25N3O4/c1-5-6-11-25-21(27)17-10-8-7-9-16(17)20(23-25)22(28)29-13-19(26)18-12-14(2)24(4)15(18)3/h7-10,12H,5-6,11,13H2,1-4H3. The average Bonchev–Trinajstić information content (AvgIpc) is 2.98. The van der Waals surface area contributed by atoms with Gasteiger partial charge in [0.15, 0.2) is 12.3 Å². The quantitative estimate of drug-likeness (QED) is 0.453. The Balaban J connectivity index is 1.88. The molecule has 2 aromatic heterocycles. The topological polar surface area (TPSA) is 83.2 Å². The van der Waals surface area contributed by atoms with E-state index in [0.29, 0.717) is 22.9 Å². The molecule has 0 atom stereocenters. The van der Waals surface area contributed by atoms with E-state index in [2.05, 4.69) is 5.10 Å². The Morgan fingerprint density at radius 3 is 2.45 bits per heavy atom. The van der Waals surface area contributed by atoms with Gasteiger partial charge in [0.25, 0.3) is 5.56 Å². The van der Waals surface area contributed by atoms with Crippen molar-refractivity contribution in [3.8, 4) is 0 Å². The SMILES string of the molecule is CCCCn1nc(C(=O)OCC(=O)c2cc(C)n(C)c2C)c2ccccc2c1=O. The van der Waals surface area contributed by atoms with Crippen molar-refractivity contribution in [1.82, 2.24) is 14.3 Å². The molecule has 0 aliphatic heterocycles. The van der Waals surface area contributed by atoms with Gasteiger partial charge >= 0.3 is 5.97 Å². The van der Waals surface area contributed by atoms with Gasteiger partial charge in [0.2, 0.25) is 5.78 Å². The third-order valence-corrected chi connectivity index (χ3v) is 5.19. The van der Waals surface area contributed by atoms with Crippen LogP contribution in [0.1, 0.15) is 52.0 Å². The Morgan fingerprint density at radius 1 is 1.14 bits per heavy atom. The van der Waals surface area contributed by atoms with Gasteiger partial charge in [-0.2, -0.15) is 5.10 Å². The summed E-state index contributed by atoms with van der Waals surface area (Å²) in [6, 6.07) is 8.59. The van der Waals surface area contributed by atoms with Crippen molar-refractivity contribution in [2.75, 3.05) is 6.61 Å². The van der Waals surface area contributed by atoms with E-state index < -0.39 is 5.97 Å². The predicted molar refractivity (Wildman–Crippen MR) is 110 cm³/mol. The smallest absolute Gasteiger partial charge is 0.359 e. The summed E-state index contributed by atoms with van der Waals surface area (Å²) in [5.41, 5.74) is 2.11. The van der Waals surface area contributed by atoms with Gasteiger partial charge in [0, 0.05) is 35.9 Å². The fraction of sp³-hybridized carbons (Fsp3) is 0.364. The normalized spacial score (nSPS) is 11.0. The van der Waals surface area contributed by atoms with E-state index >= 15 is 0 Å². The van der Waals surface area contributed by atoms with Gasteiger partial charge in [-0.25, -0.2) is 9.48 Å². The number of aryl methyl sites for hydroxylation is 2. The summed E-state index contributed by atoms with van der Waals surface area (Å²) >= 11 is 0. The minimum absolute atomic E-state index is 0.0464. The summed E-state index contributed by atoms with van der Waals surface area (Å²) < 4.78 is 8.49. The zero-order chi connectivity index (χ0) is 21.1. The molecule has 0 unspecified atom stereocenters. The number of benzene rings is 1. The predicted octanol–water partition coefficient (Wildman–Crippen LogP) is 3.19. The number of ether oxygens (including phenoxy) is 1. The molecule has 0 saturated carbocycles. The molecule has 29 heavy (non-hydrogen) atoms. The summed E-state index contributed by atoms with van der Waals surface area (Å²) in [6.07, 6.45) is 1.66. The molecule has 0 bridgehead atoms. The zero-order valence-corrected chi connectivity index (χ0v) is 17.2. The number of carbonyl (C=O) groups is 2. The van der Waals surface area contributed by atoms with Gasteiger partial charge in [-0.3, -0.25) is 9.59 Å². The summed E-state index contributed by atoms with van der Waals surface area (Å²) in [6.45, 7) is 5.81. The van der Waals surface area contributed by atoms with E-state index in [0.717, 1.165) is 24.2 Å². The Bertz CT molecular complexity index is 1140. The molecular formula is C22H25N3O4. The van der Waals surface area contributed by atoms with Crippen LogP contribution in [-0.2, 0) is 18.3 Å². The molecule has 3 rings (SSSR count). The molecule has 0 fully saturated rings. The van der Waals surface area contributed by atoms with Crippen LogP contribution in [-0.4, -0.2) is 32.7 Å². The van der Waals surface area contributed by atoms with E-state index in [1.165, 1.54) is 4.68 Å². The second-order valence-corrected chi connectivity index (χ2v) is 7.12. The molecule has 0 saturated heterocycles. The van der Waals surface area contributed by atoms with Gasteiger partial charge < -0.3 is 9.30 Å². The van der Waals surface area contributed by atoms with Crippen LogP contribution in [0, 0.1) is 13.8 Å². The molecule has 152 valence electrons. The van der Waals surface area contributed by atoms with Crippen molar-refractivity contribution in [2.24, 2.45) is 7.05 Å². The molecule has 0 N–H and O–H groups in total. The van der Waals surface area contributed by atoms with Crippen LogP contribution in [0.2, 0.25) is 0 Å². The largest absolute Gasteiger partial charge is 0.452 e. The van der Waals surface area contributed by atoms with Gasteiger partial charge in [0.05, 0.1) is 5.39 Å². The first-order valence-electron chi connectivity index (χ1n) is 9.68. The fourth-order valence-electron chi connectivity index (χ4n) is 3.26. The van der Waals surface area contributed by atoms with Crippen molar-refractivity contribution in [1.29, 1.82) is 0 Å². The van der Waals surface area contributed by atoms with E-state index in [-0.39, 0.29) is 23.6 Å². The molecule has 0 aliphatic carbocycles. The first kappa shape index (κ1) is 20.5. The summed E-state index contributed by atoms with van der Waals surface area (Å²) in [5, 5.41) is 5.07. The lowest BCUT2D eigenvalue weighted by atomic mass is 10.1. The molecule has 3 aromatic rings. The van der Waals surface area contributed by atoms with E-state index in [1.807, 2.05) is 32.4 Å². The maximum atomic E-state index is 12.7. The molecule has 0 amide bonds. The van der Waals surface area contributed by atoms with E-state index in [9.17, 15) is 14.4 Å². The number of fused-ring (bicyclic) bond motifs is 1. The highest BCUT2D eigenvalue weighted by Gasteiger charge is 2.21. The molecule has 0 aliphatic rings. The number of nitrogens with zero attached hydrogens (tertiary/aromatic N) is 3. The first-order chi connectivity index (χ1) is 13.8. The third kappa shape index (κ3) is 3.99. The minimum atomic E-state index is -0.717. The van der Waals surface area contributed by atoms with Gasteiger partial charge in [-0.15, -0.1) is 0 Å². The molecular weight excluding hydrogens is 370 g/mol. The molecule has 7 heteroatoms. The van der Waals surface area contributed by atoms with Crippen molar-refractivity contribution < 1.29 is 14.3 Å². The molecule has 0 radical (unpaired) electrons. The van der Waals surface area contributed by atoms with Crippen molar-refractivity contribution in [3.63, 3.8) is 0 Å². The molecule has 1 aromatic carbocycles. The molecule has 2 heterocycles. The number of carbonyl (C=O) groups excluding carboxylic acids is 2.